The quantitative estimate of drug-likeness (QED) is 0.550. The molecule has 0 spiro atoms. The van der Waals surface area contributed by atoms with Crippen molar-refractivity contribution < 1.29 is 5.11 Å². The molecule has 1 aliphatic heterocycles. The summed E-state index contributed by atoms with van der Waals surface area (Å²) < 4.78 is 3.08. The van der Waals surface area contributed by atoms with Crippen LogP contribution in [0.3, 0.4) is 0 Å². The predicted molar refractivity (Wildman–Crippen MR) is 116 cm³/mol. The Kier molecular flexibility index (Phi) is 4.77. The van der Waals surface area contributed by atoms with E-state index in [0.717, 1.165) is 43.0 Å². The number of benzene rings is 1. The van der Waals surface area contributed by atoms with E-state index in [1.807, 2.05) is 36.4 Å². The lowest BCUT2D eigenvalue weighted by molar-refractivity contribution is 0.145. The Hall–Kier alpha value is -3.16. The molecule has 0 atom stereocenters. The van der Waals surface area contributed by atoms with Gasteiger partial charge in [0.15, 0.2) is 0 Å². The summed E-state index contributed by atoms with van der Waals surface area (Å²) in [5, 5.41) is 10.3. The van der Waals surface area contributed by atoms with E-state index in [2.05, 4.69) is 14.9 Å². The Bertz CT molecular complexity index is 1240. The van der Waals surface area contributed by atoms with E-state index >= 15 is 0 Å². The molecule has 0 unspecified atom stereocenters. The monoisotopic (exact) mass is 421 g/mol. The Balaban J connectivity index is 1.52. The molecule has 4 aromatic rings. The molecule has 152 valence electrons. The lowest BCUT2D eigenvalue weighted by Crippen LogP contribution is -2.36. The fourth-order valence-corrected chi connectivity index (χ4v) is 3.95. The normalized spacial score (nSPS) is 15.1. The van der Waals surface area contributed by atoms with Crippen molar-refractivity contribution in [3.8, 4) is 16.9 Å². The first-order valence-electron chi connectivity index (χ1n) is 9.85. The summed E-state index contributed by atoms with van der Waals surface area (Å²) >= 11 is 6.00. The molecule has 1 saturated heterocycles. The summed E-state index contributed by atoms with van der Waals surface area (Å²) in [6, 6.07) is 14.8. The number of pyridine rings is 1. The van der Waals surface area contributed by atoms with Crippen molar-refractivity contribution >= 4 is 23.1 Å². The van der Waals surface area contributed by atoms with E-state index in [4.69, 9.17) is 11.6 Å². The molecule has 0 amide bonds. The zero-order chi connectivity index (χ0) is 20.7. The fourth-order valence-electron chi connectivity index (χ4n) is 3.83. The number of fused-ring (bicyclic) bond motifs is 1. The third-order valence-electron chi connectivity index (χ3n) is 5.50. The minimum atomic E-state index is -0.228. The molecule has 1 fully saturated rings. The van der Waals surface area contributed by atoms with Crippen molar-refractivity contribution in [2.24, 2.45) is 0 Å². The number of halogens is 1. The van der Waals surface area contributed by atoms with Crippen LogP contribution in [-0.4, -0.2) is 43.2 Å². The van der Waals surface area contributed by atoms with E-state index in [1.54, 1.807) is 22.7 Å². The van der Waals surface area contributed by atoms with Crippen LogP contribution in [0.2, 0.25) is 5.02 Å². The Morgan fingerprint density at radius 1 is 0.967 bits per heavy atom. The van der Waals surface area contributed by atoms with Crippen molar-refractivity contribution in [3.05, 3.63) is 76.6 Å². The van der Waals surface area contributed by atoms with Crippen LogP contribution in [0.15, 0.2) is 65.8 Å². The first-order chi connectivity index (χ1) is 14.6. The van der Waals surface area contributed by atoms with Gasteiger partial charge in [-0.15, -0.1) is 0 Å². The van der Waals surface area contributed by atoms with Gasteiger partial charge in [0.25, 0.3) is 0 Å². The Morgan fingerprint density at radius 2 is 1.73 bits per heavy atom. The number of aliphatic hydroxyl groups is 1. The minimum absolute atomic E-state index is 0.217. The van der Waals surface area contributed by atoms with E-state index < -0.39 is 0 Å². The van der Waals surface area contributed by atoms with Gasteiger partial charge in [0.05, 0.1) is 23.7 Å². The molecule has 0 aliphatic carbocycles. The van der Waals surface area contributed by atoms with Crippen molar-refractivity contribution in [2.75, 3.05) is 18.0 Å². The molecule has 0 saturated carbocycles. The van der Waals surface area contributed by atoms with Gasteiger partial charge in [-0.25, -0.2) is 19.2 Å². The second kappa shape index (κ2) is 7.59. The van der Waals surface area contributed by atoms with Crippen LogP contribution in [0, 0.1) is 0 Å². The van der Waals surface area contributed by atoms with Gasteiger partial charge in [-0.3, -0.25) is 4.57 Å². The lowest BCUT2D eigenvalue weighted by atomic mass is 10.1. The maximum atomic E-state index is 13.3. The zero-order valence-electron chi connectivity index (χ0n) is 16.1. The van der Waals surface area contributed by atoms with Crippen molar-refractivity contribution in [3.63, 3.8) is 0 Å². The van der Waals surface area contributed by atoms with Crippen LogP contribution in [-0.2, 0) is 0 Å². The average Bonchev–Trinajstić information content (AvgIpc) is 3.20. The SMILES string of the molecule is O=c1n(-c2ccc(N3CCC(O)CC3)nc2)cnc2ccc(-c3ccc(Cl)cc3)n12. The third kappa shape index (κ3) is 3.36. The van der Waals surface area contributed by atoms with Gasteiger partial charge in [-0.05, 0) is 54.8 Å². The van der Waals surface area contributed by atoms with Gasteiger partial charge >= 0.3 is 5.69 Å². The van der Waals surface area contributed by atoms with Crippen LogP contribution < -0.4 is 10.6 Å². The van der Waals surface area contributed by atoms with E-state index in [1.165, 1.54) is 10.9 Å². The minimum Gasteiger partial charge on any atom is -0.393 e. The molecule has 1 aliphatic rings. The number of hydrogen-bond acceptors (Lipinski definition) is 5. The molecule has 1 N–H and O–H groups in total. The third-order valence-corrected chi connectivity index (χ3v) is 5.75. The summed E-state index contributed by atoms with van der Waals surface area (Å²) in [5.41, 5.74) is 2.65. The molecule has 1 aromatic carbocycles. The summed E-state index contributed by atoms with van der Waals surface area (Å²) in [6.07, 6.45) is 4.46. The largest absolute Gasteiger partial charge is 0.393 e. The molecular formula is C22H20ClN5O2. The summed E-state index contributed by atoms with van der Waals surface area (Å²) in [7, 11) is 0. The van der Waals surface area contributed by atoms with Crippen LogP contribution in [0.5, 0.6) is 0 Å². The lowest BCUT2D eigenvalue weighted by Gasteiger charge is -2.30. The van der Waals surface area contributed by atoms with Gasteiger partial charge in [-0.1, -0.05) is 23.7 Å². The van der Waals surface area contributed by atoms with Gasteiger partial charge in [0.1, 0.15) is 17.8 Å². The van der Waals surface area contributed by atoms with Crippen LogP contribution >= 0.6 is 11.6 Å². The van der Waals surface area contributed by atoms with Crippen LogP contribution in [0.25, 0.3) is 22.6 Å². The average molecular weight is 422 g/mol. The topological polar surface area (TPSA) is 75.7 Å². The van der Waals surface area contributed by atoms with Crippen LogP contribution in [0.4, 0.5) is 5.82 Å². The maximum Gasteiger partial charge on any atom is 0.340 e. The van der Waals surface area contributed by atoms with Gasteiger partial charge in [0.2, 0.25) is 0 Å². The van der Waals surface area contributed by atoms with E-state index in [-0.39, 0.29) is 11.8 Å². The fraction of sp³-hybridized carbons (Fsp3) is 0.227. The number of nitrogens with zero attached hydrogens (tertiary/aromatic N) is 5. The Labute approximate surface area is 177 Å². The van der Waals surface area contributed by atoms with Gasteiger partial charge in [-0.2, -0.15) is 0 Å². The highest BCUT2D eigenvalue weighted by atomic mass is 35.5. The maximum absolute atomic E-state index is 13.3. The zero-order valence-corrected chi connectivity index (χ0v) is 16.9. The second-order valence-electron chi connectivity index (χ2n) is 7.41. The van der Waals surface area contributed by atoms with Crippen molar-refractivity contribution in [2.45, 2.75) is 18.9 Å². The number of aromatic nitrogens is 4. The van der Waals surface area contributed by atoms with Crippen molar-refractivity contribution in [1.29, 1.82) is 0 Å². The number of hydrogen-bond donors (Lipinski definition) is 1. The number of piperidine rings is 1. The molecule has 0 bridgehead atoms. The Morgan fingerprint density at radius 3 is 2.43 bits per heavy atom. The van der Waals surface area contributed by atoms with E-state index in [0.29, 0.717) is 16.4 Å². The summed E-state index contributed by atoms with van der Waals surface area (Å²) in [4.78, 5) is 24.4. The number of rotatable bonds is 3. The smallest absolute Gasteiger partial charge is 0.340 e. The highest BCUT2D eigenvalue weighted by Gasteiger charge is 2.18. The second-order valence-corrected chi connectivity index (χ2v) is 7.85. The number of aliphatic hydroxyl groups excluding tert-OH is 1. The predicted octanol–water partition coefficient (Wildman–Crippen LogP) is 3.16. The number of anilines is 1. The van der Waals surface area contributed by atoms with Crippen LogP contribution in [0.1, 0.15) is 12.8 Å². The first kappa shape index (κ1) is 18.8. The molecule has 3 aromatic heterocycles. The molecular weight excluding hydrogens is 402 g/mol. The summed E-state index contributed by atoms with van der Waals surface area (Å²) in [5.74, 6) is 0.843. The standard InChI is InChI=1S/C22H20ClN5O2/c23-16-3-1-15(2-4-16)19-6-8-21-25-14-27(22(30)28(19)21)17-5-7-20(24-13-17)26-11-9-18(29)10-12-26/h1-8,13-14,18,29H,9-12H2. The molecule has 8 heteroatoms. The molecule has 4 heterocycles. The molecule has 0 radical (unpaired) electrons. The first-order valence-corrected chi connectivity index (χ1v) is 10.2. The van der Waals surface area contributed by atoms with Gasteiger partial charge < -0.3 is 10.0 Å². The molecule has 30 heavy (non-hydrogen) atoms. The highest BCUT2D eigenvalue weighted by Crippen LogP contribution is 2.23. The molecule has 7 nitrogen and oxygen atoms in total. The summed E-state index contributed by atoms with van der Waals surface area (Å²) in [6.45, 7) is 1.55. The van der Waals surface area contributed by atoms with Crippen molar-refractivity contribution in [1.82, 2.24) is 18.9 Å². The molecule has 5 rings (SSSR count). The van der Waals surface area contributed by atoms with E-state index in [9.17, 15) is 9.90 Å². The van der Waals surface area contributed by atoms with Gasteiger partial charge in [0, 0.05) is 18.1 Å². The highest BCUT2D eigenvalue weighted by molar-refractivity contribution is 6.30.